The summed E-state index contributed by atoms with van der Waals surface area (Å²) in [5.74, 6) is 0.259. The molecule has 6 heteroatoms. The minimum atomic E-state index is 0.259. The molecule has 1 heterocycles. The van der Waals surface area contributed by atoms with Crippen LogP contribution in [0.3, 0.4) is 0 Å². The molecular weight excluding hydrogens is 285 g/mol. The van der Waals surface area contributed by atoms with Crippen molar-refractivity contribution in [1.29, 1.82) is 5.26 Å². The van der Waals surface area contributed by atoms with Gasteiger partial charge in [-0.1, -0.05) is 17.7 Å². The maximum absolute atomic E-state index is 8.91. The van der Waals surface area contributed by atoms with Crippen LogP contribution in [-0.2, 0) is 17.2 Å². The van der Waals surface area contributed by atoms with E-state index in [2.05, 4.69) is 11.2 Å². The van der Waals surface area contributed by atoms with E-state index in [9.17, 15) is 0 Å². The third-order valence-electron chi connectivity index (χ3n) is 2.64. The largest absolute Gasteiger partial charge is 0.378 e. The average molecular weight is 296 g/mol. The van der Waals surface area contributed by atoms with Gasteiger partial charge in [-0.05, 0) is 18.2 Å². The fraction of sp³-hybridized carbons (Fsp3) is 0.231. The quantitative estimate of drug-likeness (QED) is 0.813. The zero-order chi connectivity index (χ0) is 13.8. The zero-order valence-electron chi connectivity index (χ0n) is 10.2. The van der Waals surface area contributed by atoms with Crippen LogP contribution in [0.25, 0.3) is 5.69 Å². The van der Waals surface area contributed by atoms with Crippen LogP contribution < -0.4 is 0 Å². The van der Waals surface area contributed by atoms with Crippen LogP contribution in [-0.4, -0.2) is 16.9 Å². The number of nitriles is 1. The summed E-state index contributed by atoms with van der Waals surface area (Å²) in [6.07, 6.45) is 0. The highest BCUT2D eigenvalue weighted by Crippen LogP contribution is 2.26. The van der Waals surface area contributed by atoms with E-state index in [4.69, 9.17) is 33.2 Å². The fourth-order valence-corrected chi connectivity index (χ4v) is 2.40. The molecule has 0 bridgehead atoms. The van der Waals surface area contributed by atoms with E-state index in [0.717, 1.165) is 11.3 Å². The van der Waals surface area contributed by atoms with Gasteiger partial charge < -0.3 is 4.74 Å². The SMILES string of the molecule is COCc1nn(-c2cccc(C#N)c2)c(Cl)c1CCl. The summed E-state index contributed by atoms with van der Waals surface area (Å²) >= 11 is 12.2. The highest BCUT2D eigenvalue weighted by Gasteiger charge is 2.16. The van der Waals surface area contributed by atoms with Crippen LogP contribution in [0.1, 0.15) is 16.8 Å². The molecule has 0 aliphatic rings. The molecule has 0 unspecified atom stereocenters. The molecule has 19 heavy (non-hydrogen) atoms. The first-order valence-corrected chi connectivity index (χ1v) is 6.44. The maximum Gasteiger partial charge on any atom is 0.137 e. The van der Waals surface area contributed by atoms with Crippen molar-refractivity contribution >= 4 is 23.2 Å². The molecule has 0 N–H and O–H groups in total. The van der Waals surface area contributed by atoms with E-state index >= 15 is 0 Å². The van der Waals surface area contributed by atoms with Gasteiger partial charge in [0.25, 0.3) is 0 Å². The van der Waals surface area contributed by atoms with Gasteiger partial charge in [0, 0.05) is 12.7 Å². The van der Waals surface area contributed by atoms with E-state index < -0.39 is 0 Å². The number of aromatic nitrogens is 2. The molecule has 2 rings (SSSR count). The van der Waals surface area contributed by atoms with Gasteiger partial charge in [0.2, 0.25) is 0 Å². The summed E-state index contributed by atoms with van der Waals surface area (Å²) in [7, 11) is 1.58. The van der Waals surface area contributed by atoms with E-state index in [0.29, 0.717) is 23.0 Å². The number of methoxy groups -OCH3 is 1. The number of hydrogen-bond donors (Lipinski definition) is 0. The van der Waals surface area contributed by atoms with Crippen molar-refractivity contribution in [2.45, 2.75) is 12.5 Å². The van der Waals surface area contributed by atoms with Crippen molar-refractivity contribution < 1.29 is 4.74 Å². The van der Waals surface area contributed by atoms with E-state index in [-0.39, 0.29) is 5.88 Å². The van der Waals surface area contributed by atoms with Crippen LogP contribution in [0.5, 0.6) is 0 Å². The standard InChI is InChI=1S/C13H11Cl2N3O/c1-19-8-12-11(6-14)13(15)18(17-12)10-4-2-3-9(5-10)7-16/h2-5H,6,8H2,1H3. The molecule has 0 fully saturated rings. The number of benzene rings is 1. The number of halogens is 2. The minimum Gasteiger partial charge on any atom is -0.378 e. The minimum absolute atomic E-state index is 0.259. The second kappa shape index (κ2) is 6.07. The summed E-state index contributed by atoms with van der Waals surface area (Å²) < 4.78 is 6.64. The average Bonchev–Trinajstić information content (AvgIpc) is 2.75. The Bertz CT molecular complexity index is 631. The van der Waals surface area contributed by atoms with E-state index in [1.165, 1.54) is 0 Å². The number of alkyl halides is 1. The second-order valence-electron chi connectivity index (χ2n) is 3.86. The number of ether oxygens (including phenoxy) is 1. The molecule has 0 radical (unpaired) electrons. The first-order chi connectivity index (χ1) is 9.21. The molecule has 0 aliphatic heterocycles. The lowest BCUT2D eigenvalue weighted by Gasteiger charge is -2.03. The summed E-state index contributed by atoms with van der Waals surface area (Å²) in [5, 5.41) is 13.7. The van der Waals surface area contributed by atoms with Crippen molar-refractivity contribution in [1.82, 2.24) is 9.78 Å². The van der Waals surface area contributed by atoms with Gasteiger partial charge in [0.15, 0.2) is 0 Å². The van der Waals surface area contributed by atoms with Gasteiger partial charge in [0.05, 0.1) is 35.5 Å². The van der Waals surface area contributed by atoms with E-state index in [1.54, 1.807) is 30.0 Å². The smallest absolute Gasteiger partial charge is 0.137 e. The third kappa shape index (κ3) is 2.74. The molecule has 1 aromatic carbocycles. The Morgan fingerprint density at radius 3 is 2.89 bits per heavy atom. The molecule has 0 amide bonds. The van der Waals surface area contributed by atoms with Crippen molar-refractivity contribution in [2.24, 2.45) is 0 Å². The first kappa shape index (κ1) is 13.9. The molecular formula is C13H11Cl2N3O. The van der Waals surface area contributed by atoms with Crippen LogP contribution in [0, 0.1) is 11.3 Å². The summed E-state index contributed by atoms with van der Waals surface area (Å²) in [6.45, 7) is 0.340. The van der Waals surface area contributed by atoms with Gasteiger partial charge in [0.1, 0.15) is 5.15 Å². The Kier molecular flexibility index (Phi) is 4.43. The number of hydrogen-bond acceptors (Lipinski definition) is 3. The Morgan fingerprint density at radius 2 is 2.26 bits per heavy atom. The molecule has 0 saturated heterocycles. The first-order valence-electron chi connectivity index (χ1n) is 5.53. The summed E-state index contributed by atoms with van der Waals surface area (Å²) in [4.78, 5) is 0. The van der Waals surface area contributed by atoms with Gasteiger partial charge in [-0.2, -0.15) is 10.4 Å². The van der Waals surface area contributed by atoms with Crippen LogP contribution in [0.4, 0.5) is 0 Å². The molecule has 1 aromatic heterocycles. The van der Waals surface area contributed by atoms with Gasteiger partial charge in [-0.15, -0.1) is 11.6 Å². The molecule has 0 spiro atoms. The highest BCUT2D eigenvalue weighted by atomic mass is 35.5. The Hall–Kier alpha value is -1.54. The Morgan fingerprint density at radius 1 is 1.47 bits per heavy atom. The molecule has 2 aromatic rings. The molecule has 0 saturated carbocycles. The van der Waals surface area contributed by atoms with Crippen LogP contribution in [0.2, 0.25) is 5.15 Å². The van der Waals surface area contributed by atoms with Crippen molar-refractivity contribution in [2.75, 3.05) is 7.11 Å². The maximum atomic E-state index is 8.91. The molecule has 4 nitrogen and oxygen atoms in total. The predicted octanol–water partition coefficient (Wildman–Crippen LogP) is 3.28. The lowest BCUT2D eigenvalue weighted by molar-refractivity contribution is 0.180. The van der Waals surface area contributed by atoms with Gasteiger partial charge >= 0.3 is 0 Å². The zero-order valence-corrected chi connectivity index (χ0v) is 11.7. The number of nitrogens with zero attached hydrogens (tertiary/aromatic N) is 3. The van der Waals surface area contributed by atoms with Crippen LogP contribution in [0.15, 0.2) is 24.3 Å². The van der Waals surface area contributed by atoms with E-state index in [1.807, 2.05) is 6.07 Å². The lowest BCUT2D eigenvalue weighted by atomic mass is 10.2. The summed E-state index contributed by atoms with van der Waals surface area (Å²) in [6, 6.07) is 9.13. The molecule has 0 aliphatic carbocycles. The predicted molar refractivity (Wildman–Crippen MR) is 73.6 cm³/mol. The normalized spacial score (nSPS) is 10.4. The number of rotatable bonds is 4. The fourth-order valence-electron chi connectivity index (χ4n) is 1.74. The molecule has 98 valence electrons. The molecule has 0 atom stereocenters. The van der Waals surface area contributed by atoms with Crippen LogP contribution >= 0.6 is 23.2 Å². The van der Waals surface area contributed by atoms with Crippen molar-refractivity contribution in [3.8, 4) is 11.8 Å². The van der Waals surface area contributed by atoms with Gasteiger partial charge in [-0.25, -0.2) is 4.68 Å². The highest BCUT2D eigenvalue weighted by molar-refractivity contribution is 6.31. The Balaban J connectivity index is 2.53. The third-order valence-corrected chi connectivity index (χ3v) is 3.29. The monoisotopic (exact) mass is 295 g/mol. The topological polar surface area (TPSA) is 50.8 Å². The lowest BCUT2D eigenvalue weighted by Crippen LogP contribution is -1.98. The second-order valence-corrected chi connectivity index (χ2v) is 4.48. The van der Waals surface area contributed by atoms with Gasteiger partial charge in [-0.3, -0.25) is 0 Å². The van der Waals surface area contributed by atoms with Crippen molar-refractivity contribution in [3.63, 3.8) is 0 Å². The summed E-state index contributed by atoms with van der Waals surface area (Å²) in [5.41, 5.74) is 2.71. The van der Waals surface area contributed by atoms with Crippen molar-refractivity contribution in [3.05, 3.63) is 46.2 Å². The Labute approximate surface area is 121 Å².